The van der Waals surface area contributed by atoms with Gasteiger partial charge in [-0.15, -0.1) is 11.8 Å². The van der Waals surface area contributed by atoms with Crippen LogP contribution in [-0.2, 0) is 11.2 Å². The van der Waals surface area contributed by atoms with E-state index in [2.05, 4.69) is 72.9 Å². The summed E-state index contributed by atoms with van der Waals surface area (Å²) >= 11 is 1.71. The standard InChI is InChI=1S/C20H22NOS/c1-14(18-13-21-19-7-5-4-6-17(18)19)12-15-8-10-16(11-9-15)20(22-2)23-3/h4-11,13,20-21H,12H2,1-3H3. The number of aromatic nitrogens is 1. The van der Waals surface area contributed by atoms with Crippen molar-refractivity contribution >= 4 is 22.7 Å². The van der Waals surface area contributed by atoms with Crippen LogP contribution in [0.2, 0.25) is 0 Å². The maximum atomic E-state index is 5.47. The Bertz CT molecular complexity index is 759. The number of thioether (sulfide) groups is 1. The third kappa shape index (κ3) is 3.46. The monoisotopic (exact) mass is 324 g/mol. The van der Waals surface area contributed by atoms with Crippen molar-refractivity contribution < 1.29 is 4.74 Å². The number of methoxy groups -OCH3 is 1. The van der Waals surface area contributed by atoms with Crippen molar-refractivity contribution in [3.8, 4) is 0 Å². The number of ether oxygens (including phenoxy) is 1. The van der Waals surface area contributed by atoms with Gasteiger partial charge >= 0.3 is 0 Å². The molecule has 0 saturated heterocycles. The fourth-order valence-corrected chi connectivity index (χ4v) is 3.61. The number of rotatable bonds is 6. The van der Waals surface area contributed by atoms with Crippen molar-refractivity contribution in [3.63, 3.8) is 0 Å². The molecule has 1 N–H and O–H groups in total. The summed E-state index contributed by atoms with van der Waals surface area (Å²) in [5.41, 5.74) is 5.16. The highest BCUT2D eigenvalue weighted by Gasteiger charge is 2.13. The largest absolute Gasteiger partial charge is 0.366 e. The van der Waals surface area contributed by atoms with Gasteiger partial charge in [0.05, 0.1) is 0 Å². The van der Waals surface area contributed by atoms with Gasteiger partial charge in [0.15, 0.2) is 0 Å². The van der Waals surface area contributed by atoms with E-state index < -0.39 is 0 Å². The summed E-state index contributed by atoms with van der Waals surface area (Å²) in [6.07, 6.45) is 5.14. The summed E-state index contributed by atoms with van der Waals surface area (Å²) in [5.74, 6) is 1.38. The van der Waals surface area contributed by atoms with Crippen LogP contribution in [0.5, 0.6) is 0 Å². The first-order valence-corrected chi connectivity index (χ1v) is 9.05. The summed E-state index contributed by atoms with van der Waals surface area (Å²) in [5, 5.41) is 1.29. The molecule has 1 heterocycles. The second-order valence-electron chi connectivity index (χ2n) is 5.75. The molecule has 3 rings (SSSR count). The van der Waals surface area contributed by atoms with E-state index in [4.69, 9.17) is 4.74 Å². The Morgan fingerprint density at radius 3 is 2.57 bits per heavy atom. The van der Waals surface area contributed by atoms with E-state index in [1.54, 1.807) is 18.9 Å². The average Bonchev–Trinajstić information content (AvgIpc) is 3.01. The van der Waals surface area contributed by atoms with Gasteiger partial charge in [0.1, 0.15) is 5.44 Å². The lowest BCUT2D eigenvalue weighted by atomic mass is 9.93. The molecule has 23 heavy (non-hydrogen) atoms. The molecule has 0 amide bonds. The van der Waals surface area contributed by atoms with Crippen LogP contribution in [0.25, 0.3) is 10.9 Å². The van der Waals surface area contributed by atoms with E-state index >= 15 is 0 Å². The molecule has 1 radical (unpaired) electrons. The Labute approximate surface area is 142 Å². The molecule has 119 valence electrons. The van der Waals surface area contributed by atoms with Crippen LogP contribution in [0.3, 0.4) is 0 Å². The number of hydrogen-bond donors (Lipinski definition) is 1. The van der Waals surface area contributed by atoms with Gasteiger partial charge in [-0.1, -0.05) is 49.4 Å². The van der Waals surface area contributed by atoms with Gasteiger partial charge in [-0.3, -0.25) is 0 Å². The number of nitrogens with one attached hydrogen (secondary N) is 1. The van der Waals surface area contributed by atoms with Gasteiger partial charge in [0.2, 0.25) is 0 Å². The van der Waals surface area contributed by atoms with Crippen molar-refractivity contribution in [1.82, 2.24) is 4.98 Å². The highest BCUT2D eigenvalue weighted by molar-refractivity contribution is 7.98. The predicted octanol–water partition coefficient (Wildman–Crippen LogP) is 5.36. The minimum Gasteiger partial charge on any atom is -0.366 e. The number of fused-ring (bicyclic) bond motifs is 1. The first-order valence-electron chi connectivity index (χ1n) is 7.76. The van der Waals surface area contributed by atoms with Gasteiger partial charge in [0.25, 0.3) is 0 Å². The molecule has 0 saturated carbocycles. The van der Waals surface area contributed by atoms with Crippen molar-refractivity contribution in [1.29, 1.82) is 0 Å². The highest BCUT2D eigenvalue weighted by Crippen LogP contribution is 2.29. The van der Waals surface area contributed by atoms with Crippen molar-refractivity contribution in [2.24, 2.45) is 0 Å². The first-order chi connectivity index (χ1) is 11.2. The zero-order valence-electron chi connectivity index (χ0n) is 13.8. The van der Waals surface area contributed by atoms with Crippen molar-refractivity contribution in [2.75, 3.05) is 13.4 Å². The Hall–Kier alpha value is -1.71. The quantitative estimate of drug-likeness (QED) is 0.617. The Morgan fingerprint density at radius 2 is 1.87 bits per heavy atom. The second-order valence-corrected chi connectivity index (χ2v) is 6.65. The van der Waals surface area contributed by atoms with Crippen molar-refractivity contribution in [3.05, 3.63) is 77.3 Å². The summed E-state index contributed by atoms with van der Waals surface area (Å²) in [6, 6.07) is 17.2. The van der Waals surface area contributed by atoms with Gasteiger partial charge in [-0.05, 0) is 35.4 Å². The fraction of sp³-hybridized carbons (Fsp3) is 0.250. The minimum atomic E-state index is 0.114. The molecule has 2 aromatic carbocycles. The zero-order valence-corrected chi connectivity index (χ0v) is 14.6. The highest BCUT2D eigenvalue weighted by atomic mass is 32.2. The lowest BCUT2D eigenvalue weighted by molar-refractivity contribution is 0.176. The third-order valence-electron chi connectivity index (χ3n) is 4.20. The molecule has 0 bridgehead atoms. The summed E-state index contributed by atoms with van der Waals surface area (Å²) < 4.78 is 5.47. The molecular formula is C20H22NOS. The molecular weight excluding hydrogens is 302 g/mol. The van der Waals surface area contributed by atoms with Crippen LogP contribution < -0.4 is 0 Å². The number of H-pyrrole nitrogens is 1. The molecule has 0 aliphatic carbocycles. The Balaban J connectivity index is 1.76. The molecule has 0 aliphatic rings. The lowest BCUT2D eigenvalue weighted by Crippen LogP contribution is -2.00. The van der Waals surface area contributed by atoms with Crippen LogP contribution in [0.1, 0.15) is 29.1 Å². The molecule has 0 spiro atoms. The third-order valence-corrected chi connectivity index (χ3v) is 5.09. The van der Waals surface area contributed by atoms with Gasteiger partial charge in [-0.2, -0.15) is 0 Å². The van der Waals surface area contributed by atoms with E-state index in [1.165, 1.54) is 33.5 Å². The molecule has 3 heteroatoms. The summed E-state index contributed by atoms with van der Waals surface area (Å²) in [4.78, 5) is 3.35. The van der Waals surface area contributed by atoms with Crippen LogP contribution in [0.4, 0.5) is 0 Å². The maximum Gasteiger partial charge on any atom is 0.127 e. The SMILES string of the molecule is COC(SC)c1ccc(C[C](C)c2c[nH]c3ccccc23)cc1. The average molecular weight is 324 g/mol. The molecule has 3 aromatic rings. The van der Waals surface area contributed by atoms with E-state index in [0.717, 1.165) is 6.42 Å². The normalized spacial score (nSPS) is 12.9. The summed E-state index contributed by atoms with van der Waals surface area (Å²) in [7, 11) is 1.75. The zero-order chi connectivity index (χ0) is 16.2. The van der Waals surface area contributed by atoms with Gasteiger partial charge in [0, 0.05) is 30.1 Å². The van der Waals surface area contributed by atoms with Crippen LogP contribution >= 0.6 is 11.8 Å². The smallest absolute Gasteiger partial charge is 0.127 e. The van der Waals surface area contributed by atoms with E-state index in [-0.39, 0.29) is 5.44 Å². The topological polar surface area (TPSA) is 25.0 Å². The molecule has 1 aromatic heterocycles. The van der Waals surface area contributed by atoms with Crippen LogP contribution in [-0.4, -0.2) is 18.3 Å². The Kier molecular flexibility index (Phi) is 5.09. The predicted molar refractivity (Wildman–Crippen MR) is 99.7 cm³/mol. The van der Waals surface area contributed by atoms with Gasteiger partial charge < -0.3 is 9.72 Å². The molecule has 1 atom stereocenters. The van der Waals surface area contributed by atoms with Crippen LogP contribution in [0.15, 0.2) is 54.7 Å². The lowest BCUT2D eigenvalue weighted by Gasteiger charge is -2.14. The number of hydrogen-bond acceptors (Lipinski definition) is 2. The second kappa shape index (κ2) is 7.24. The van der Waals surface area contributed by atoms with E-state index in [0.29, 0.717) is 0 Å². The Morgan fingerprint density at radius 1 is 1.13 bits per heavy atom. The first kappa shape index (κ1) is 16.2. The molecule has 2 nitrogen and oxygen atoms in total. The fourth-order valence-electron chi connectivity index (χ4n) is 2.99. The van der Waals surface area contributed by atoms with E-state index in [1.807, 2.05) is 0 Å². The van der Waals surface area contributed by atoms with Crippen molar-refractivity contribution in [2.45, 2.75) is 18.8 Å². The molecule has 0 aliphatic heterocycles. The summed E-state index contributed by atoms with van der Waals surface area (Å²) in [6.45, 7) is 2.21. The minimum absolute atomic E-state index is 0.114. The number of para-hydroxylation sites is 1. The van der Waals surface area contributed by atoms with E-state index in [9.17, 15) is 0 Å². The van der Waals surface area contributed by atoms with Crippen LogP contribution in [0, 0.1) is 5.92 Å². The number of aromatic amines is 1. The molecule has 0 fully saturated rings. The van der Waals surface area contributed by atoms with Gasteiger partial charge in [-0.25, -0.2) is 0 Å². The number of benzene rings is 2. The maximum absolute atomic E-state index is 5.47. The molecule has 1 unspecified atom stereocenters.